The Morgan fingerprint density at radius 1 is 1.69 bits per heavy atom. The van der Waals surface area contributed by atoms with Gasteiger partial charge in [-0.15, -0.1) is 0 Å². The van der Waals surface area contributed by atoms with E-state index < -0.39 is 5.97 Å². The first-order valence-corrected chi connectivity index (χ1v) is 3.71. The molecule has 0 saturated heterocycles. The number of H-pyrrole nitrogens is 1. The van der Waals surface area contributed by atoms with Crippen LogP contribution in [-0.4, -0.2) is 17.6 Å². The zero-order chi connectivity index (χ0) is 9.68. The Labute approximate surface area is 74.9 Å². The summed E-state index contributed by atoms with van der Waals surface area (Å²) < 4.78 is 4.68. The van der Waals surface area contributed by atoms with E-state index in [4.69, 9.17) is 0 Å². The van der Waals surface area contributed by atoms with E-state index in [0.717, 1.165) is 0 Å². The van der Waals surface area contributed by atoms with Crippen LogP contribution in [0.5, 0.6) is 0 Å². The molecule has 0 amide bonds. The van der Waals surface area contributed by atoms with Crippen LogP contribution in [0.4, 0.5) is 0 Å². The lowest BCUT2D eigenvalue weighted by Gasteiger charge is -1.99. The lowest BCUT2D eigenvalue weighted by molar-refractivity contribution is 0.0548. The van der Waals surface area contributed by atoms with Crippen molar-refractivity contribution in [1.82, 2.24) is 4.98 Å². The summed E-state index contributed by atoms with van der Waals surface area (Å²) >= 11 is 0. The predicted molar refractivity (Wildman–Crippen MR) is 47.5 cm³/mol. The molecule has 0 spiro atoms. The molecule has 1 aromatic rings. The lowest BCUT2D eigenvalue weighted by Crippen LogP contribution is -2.16. The van der Waals surface area contributed by atoms with Gasteiger partial charge >= 0.3 is 5.97 Å². The summed E-state index contributed by atoms with van der Waals surface area (Å²) in [4.78, 5) is 24.8. The first kappa shape index (κ1) is 9.25. The highest BCUT2D eigenvalue weighted by Gasteiger charge is 2.09. The third-order valence-corrected chi connectivity index (χ3v) is 1.38. The van der Waals surface area contributed by atoms with Gasteiger partial charge in [-0.05, 0) is 0 Å². The maximum atomic E-state index is 11.1. The molecule has 0 saturated carbocycles. The Hall–Kier alpha value is -1.84. The van der Waals surface area contributed by atoms with Gasteiger partial charge in [0.25, 0.3) is 0 Å². The Bertz CT molecular complexity index is 367. The zero-order valence-electron chi connectivity index (χ0n) is 6.95. The van der Waals surface area contributed by atoms with Gasteiger partial charge in [0.1, 0.15) is 12.2 Å². The summed E-state index contributed by atoms with van der Waals surface area (Å²) in [7, 11) is 0. The number of pyridine rings is 1. The molecular formula is C9H9NO3. The van der Waals surface area contributed by atoms with Crippen molar-refractivity contribution in [2.75, 3.05) is 6.61 Å². The topological polar surface area (TPSA) is 59.2 Å². The van der Waals surface area contributed by atoms with Crippen LogP contribution in [0.1, 0.15) is 10.4 Å². The average Bonchev–Trinajstić information content (AvgIpc) is 2.15. The summed E-state index contributed by atoms with van der Waals surface area (Å²) in [5.74, 6) is -0.637. The largest absolute Gasteiger partial charge is 0.458 e. The monoisotopic (exact) mass is 179 g/mol. The van der Waals surface area contributed by atoms with Crippen LogP contribution in [0.15, 0.2) is 35.9 Å². The number of nitrogens with one attached hydrogen (secondary N) is 1. The van der Waals surface area contributed by atoms with Crippen LogP contribution in [0.2, 0.25) is 0 Å². The number of aromatic nitrogens is 1. The van der Waals surface area contributed by atoms with E-state index in [9.17, 15) is 9.59 Å². The van der Waals surface area contributed by atoms with Crippen LogP contribution in [0, 0.1) is 0 Å². The fourth-order valence-electron chi connectivity index (χ4n) is 0.788. The second-order valence-corrected chi connectivity index (χ2v) is 2.31. The van der Waals surface area contributed by atoms with Crippen molar-refractivity contribution in [3.05, 3.63) is 46.9 Å². The van der Waals surface area contributed by atoms with Crippen molar-refractivity contribution in [1.29, 1.82) is 0 Å². The van der Waals surface area contributed by atoms with Crippen LogP contribution < -0.4 is 5.43 Å². The maximum absolute atomic E-state index is 11.1. The van der Waals surface area contributed by atoms with E-state index in [1.807, 2.05) is 0 Å². The molecule has 0 aliphatic rings. The summed E-state index contributed by atoms with van der Waals surface area (Å²) in [6, 6.07) is 1.27. The molecule has 1 heterocycles. The first-order valence-electron chi connectivity index (χ1n) is 3.71. The maximum Gasteiger partial charge on any atom is 0.343 e. The number of hydrogen-bond acceptors (Lipinski definition) is 3. The minimum Gasteiger partial charge on any atom is -0.458 e. The fourth-order valence-corrected chi connectivity index (χ4v) is 0.788. The Morgan fingerprint density at radius 2 is 2.46 bits per heavy atom. The number of carbonyl (C=O) groups excluding carboxylic acids is 1. The average molecular weight is 179 g/mol. The van der Waals surface area contributed by atoms with E-state index in [2.05, 4.69) is 16.3 Å². The number of aromatic amines is 1. The summed E-state index contributed by atoms with van der Waals surface area (Å²) in [6.45, 7) is 3.49. The van der Waals surface area contributed by atoms with Crippen LogP contribution in [0.3, 0.4) is 0 Å². The van der Waals surface area contributed by atoms with E-state index in [0.29, 0.717) is 0 Å². The molecule has 0 fully saturated rings. The second-order valence-electron chi connectivity index (χ2n) is 2.31. The highest BCUT2D eigenvalue weighted by Crippen LogP contribution is 1.92. The van der Waals surface area contributed by atoms with E-state index in [-0.39, 0.29) is 17.6 Å². The lowest BCUT2D eigenvalue weighted by atomic mass is 10.3. The third kappa shape index (κ3) is 2.30. The molecular weight excluding hydrogens is 170 g/mol. The van der Waals surface area contributed by atoms with Gasteiger partial charge in [0.2, 0.25) is 0 Å². The first-order chi connectivity index (χ1) is 6.25. The van der Waals surface area contributed by atoms with E-state index in [1.54, 1.807) is 0 Å². The predicted octanol–water partition coefficient (Wildman–Crippen LogP) is 0.718. The molecule has 0 aliphatic carbocycles. The van der Waals surface area contributed by atoms with Gasteiger partial charge in [-0.2, -0.15) is 0 Å². The standard InChI is InChI=1S/C9H9NO3/c1-2-5-13-9(12)7-6-10-4-3-8(7)11/h2-4,6H,1,5H2,(H,10,11). The molecule has 1 aromatic heterocycles. The third-order valence-electron chi connectivity index (χ3n) is 1.38. The molecule has 0 aromatic carbocycles. The summed E-state index contributed by atoms with van der Waals surface area (Å²) in [5, 5.41) is 0. The van der Waals surface area contributed by atoms with Crippen LogP contribution >= 0.6 is 0 Å². The smallest absolute Gasteiger partial charge is 0.343 e. The van der Waals surface area contributed by atoms with E-state index >= 15 is 0 Å². The molecule has 13 heavy (non-hydrogen) atoms. The van der Waals surface area contributed by atoms with Crippen molar-refractivity contribution in [3.8, 4) is 0 Å². The highest BCUT2D eigenvalue weighted by atomic mass is 16.5. The second kappa shape index (κ2) is 4.25. The number of esters is 1. The zero-order valence-corrected chi connectivity index (χ0v) is 6.95. The van der Waals surface area contributed by atoms with Crippen LogP contribution in [-0.2, 0) is 4.74 Å². The fraction of sp³-hybridized carbons (Fsp3) is 0.111. The Morgan fingerprint density at radius 3 is 3.08 bits per heavy atom. The van der Waals surface area contributed by atoms with Gasteiger partial charge in [-0.25, -0.2) is 4.79 Å². The Kier molecular flexibility index (Phi) is 3.03. The van der Waals surface area contributed by atoms with Crippen molar-refractivity contribution in [2.24, 2.45) is 0 Å². The van der Waals surface area contributed by atoms with Crippen molar-refractivity contribution in [2.45, 2.75) is 0 Å². The quantitative estimate of drug-likeness (QED) is 0.549. The number of hydrogen-bond donors (Lipinski definition) is 1. The molecule has 1 N–H and O–H groups in total. The number of rotatable bonds is 3. The van der Waals surface area contributed by atoms with Gasteiger partial charge < -0.3 is 9.72 Å². The van der Waals surface area contributed by atoms with Gasteiger partial charge in [-0.3, -0.25) is 4.79 Å². The van der Waals surface area contributed by atoms with Gasteiger partial charge in [0, 0.05) is 18.5 Å². The summed E-state index contributed by atoms with van der Waals surface area (Å²) in [6.07, 6.45) is 4.20. The van der Waals surface area contributed by atoms with Crippen molar-refractivity contribution >= 4 is 5.97 Å². The number of carbonyl (C=O) groups is 1. The normalized spacial score (nSPS) is 9.23. The van der Waals surface area contributed by atoms with Crippen LogP contribution in [0.25, 0.3) is 0 Å². The van der Waals surface area contributed by atoms with Gasteiger partial charge in [0.15, 0.2) is 5.43 Å². The number of ether oxygens (including phenoxy) is 1. The van der Waals surface area contributed by atoms with Crippen molar-refractivity contribution < 1.29 is 9.53 Å². The van der Waals surface area contributed by atoms with Crippen molar-refractivity contribution in [3.63, 3.8) is 0 Å². The molecule has 68 valence electrons. The summed E-state index contributed by atoms with van der Waals surface area (Å²) in [5.41, 5.74) is -0.350. The molecule has 0 unspecified atom stereocenters. The SMILES string of the molecule is C=CCOC(=O)c1c[nH]ccc1=O. The van der Waals surface area contributed by atoms with Gasteiger partial charge in [0.05, 0.1) is 0 Å². The molecule has 0 atom stereocenters. The Balaban J connectivity index is 2.83. The molecule has 0 aliphatic heterocycles. The minimum absolute atomic E-state index is 0.00403. The van der Waals surface area contributed by atoms with Gasteiger partial charge in [-0.1, -0.05) is 12.7 Å². The molecule has 1 rings (SSSR count). The minimum atomic E-state index is -0.637. The highest BCUT2D eigenvalue weighted by molar-refractivity contribution is 5.88. The molecule has 4 nitrogen and oxygen atoms in total. The molecule has 0 radical (unpaired) electrons. The molecule has 4 heteroatoms. The van der Waals surface area contributed by atoms with E-state index in [1.165, 1.54) is 24.5 Å². The molecule has 0 bridgehead atoms.